The number of nitrogens with zero attached hydrogens (tertiary/aromatic N) is 4. The van der Waals surface area contributed by atoms with Crippen molar-refractivity contribution in [3.63, 3.8) is 0 Å². The maximum atomic E-state index is 12.1. The Bertz CT molecular complexity index is 1300. The van der Waals surface area contributed by atoms with Crippen LogP contribution in [0.15, 0.2) is 18.3 Å². The van der Waals surface area contributed by atoms with Gasteiger partial charge in [0.1, 0.15) is 5.52 Å². The fourth-order valence-electron chi connectivity index (χ4n) is 5.39. The van der Waals surface area contributed by atoms with E-state index in [1.54, 1.807) is 18.3 Å². The van der Waals surface area contributed by atoms with E-state index in [-0.39, 0.29) is 24.1 Å². The fraction of sp³-hybridized carbons (Fsp3) is 0.520. The lowest BCUT2D eigenvalue weighted by Crippen LogP contribution is -2.38. The van der Waals surface area contributed by atoms with E-state index < -0.39 is 5.41 Å². The fourth-order valence-corrected chi connectivity index (χ4v) is 6.30. The summed E-state index contributed by atoms with van der Waals surface area (Å²) in [7, 11) is 0. The van der Waals surface area contributed by atoms with Gasteiger partial charge in [0.25, 0.3) is 0 Å². The minimum absolute atomic E-state index is 0.0176. The molecule has 0 unspecified atom stereocenters. The van der Waals surface area contributed by atoms with Crippen LogP contribution in [0.5, 0.6) is 0 Å². The molecule has 0 saturated heterocycles. The molecule has 5 rings (SSSR count). The number of halogens is 3. The maximum Gasteiger partial charge on any atom is 0.224 e. The number of aromatic nitrogens is 4. The predicted octanol–water partition coefficient (Wildman–Crippen LogP) is 5.85. The van der Waals surface area contributed by atoms with Crippen LogP contribution in [0.4, 0.5) is 17.6 Å². The number of carbonyl (C=O) groups excluding carboxylic acids is 1. The molecule has 2 aliphatic carbocycles. The Hall–Kier alpha value is -2.33. The summed E-state index contributed by atoms with van der Waals surface area (Å²) in [5.74, 6) is 0.732. The predicted molar refractivity (Wildman–Crippen MR) is 147 cm³/mol. The van der Waals surface area contributed by atoms with Gasteiger partial charge in [0.05, 0.1) is 28.0 Å². The number of fused-ring (bicyclic) bond motifs is 1. The Morgan fingerprint density at radius 3 is 2.49 bits per heavy atom. The number of aliphatic hydroxyl groups excluding tert-OH is 1. The molecule has 2 atom stereocenters. The van der Waals surface area contributed by atoms with Crippen molar-refractivity contribution in [3.05, 3.63) is 33.4 Å². The summed E-state index contributed by atoms with van der Waals surface area (Å²) in [5.41, 5.74) is 6.92. The molecular formula is C25H30Cl3N7O2. The van der Waals surface area contributed by atoms with Crippen LogP contribution in [-0.2, 0) is 4.79 Å². The zero-order chi connectivity index (χ0) is 26.3. The zero-order valence-corrected chi connectivity index (χ0v) is 22.7. The Morgan fingerprint density at radius 2 is 1.84 bits per heavy atom. The number of imidazole rings is 1. The quantitative estimate of drug-likeness (QED) is 0.294. The van der Waals surface area contributed by atoms with Gasteiger partial charge in [0.2, 0.25) is 17.8 Å². The number of carbonyl (C=O) groups is 1. The number of nitrogens with two attached hydrogens (primary N) is 1. The van der Waals surface area contributed by atoms with Crippen molar-refractivity contribution >= 4 is 69.5 Å². The van der Waals surface area contributed by atoms with Crippen molar-refractivity contribution in [2.75, 3.05) is 10.6 Å². The lowest BCUT2D eigenvalue weighted by atomic mass is 9.73. The molecule has 37 heavy (non-hydrogen) atoms. The molecule has 5 N–H and O–H groups in total. The highest BCUT2D eigenvalue weighted by Crippen LogP contribution is 2.44. The van der Waals surface area contributed by atoms with Crippen molar-refractivity contribution in [1.82, 2.24) is 19.5 Å². The number of hydrogen-bond acceptors (Lipinski definition) is 7. The first-order valence-corrected chi connectivity index (χ1v) is 13.7. The topological polar surface area (TPSA) is 131 Å². The molecule has 0 bridgehead atoms. The SMILES string of the molecule is C[C@]1(C(N)=O)CC[C@H](n2c(Nc3c(Cl)cc(Cl)cc3Cl)nc3cnc(N[C@H]4CCC[C@@H](O)C4)nc32)CC1. The van der Waals surface area contributed by atoms with Crippen LogP contribution < -0.4 is 16.4 Å². The van der Waals surface area contributed by atoms with Gasteiger partial charge in [-0.25, -0.2) is 9.97 Å². The molecule has 2 aromatic heterocycles. The van der Waals surface area contributed by atoms with Gasteiger partial charge in [-0.2, -0.15) is 4.98 Å². The second kappa shape index (κ2) is 10.4. The van der Waals surface area contributed by atoms with Crippen molar-refractivity contribution in [2.45, 2.75) is 76.5 Å². The van der Waals surface area contributed by atoms with E-state index >= 15 is 0 Å². The molecule has 0 aliphatic heterocycles. The van der Waals surface area contributed by atoms with Gasteiger partial charge in [0.15, 0.2) is 5.65 Å². The monoisotopic (exact) mass is 565 g/mol. The lowest BCUT2D eigenvalue weighted by Gasteiger charge is -2.35. The van der Waals surface area contributed by atoms with Gasteiger partial charge in [-0.15, -0.1) is 0 Å². The van der Waals surface area contributed by atoms with Gasteiger partial charge >= 0.3 is 0 Å². The van der Waals surface area contributed by atoms with Gasteiger partial charge in [-0.05, 0) is 63.5 Å². The molecule has 12 heteroatoms. The van der Waals surface area contributed by atoms with E-state index in [1.807, 2.05) is 11.5 Å². The Balaban J connectivity index is 1.52. The van der Waals surface area contributed by atoms with E-state index in [2.05, 4.69) is 15.6 Å². The first-order valence-electron chi connectivity index (χ1n) is 12.5. The summed E-state index contributed by atoms with van der Waals surface area (Å²) in [4.78, 5) is 26.2. The molecule has 198 valence electrons. The van der Waals surface area contributed by atoms with Crippen LogP contribution in [-0.4, -0.2) is 42.7 Å². The number of hydrogen-bond donors (Lipinski definition) is 4. The average molecular weight is 567 g/mol. The molecule has 0 radical (unpaired) electrons. The second-order valence-electron chi connectivity index (χ2n) is 10.4. The minimum atomic E-state index is -0.535. The van der Waals surface area contributed by atoms with Crippen LogP contribution in [0.3, 0.4) is 0 Å². The summed E-state index contributed by atoms with van der Waals surface area (Å²) in [5, 5.41) is 17.9. The van der Waals surface area contributed by atoms with E-state index in [0.29, 0.717) is 63.1 Å². The zero-order valence-electron chi connectivity index (χ0n) is 20.5. The molecule has 3 aromatic rings. The third kappa shape index (κ3) is 5.46. The van der Waals surface area contributed by atoms with E-state index in [9.17, 15) is 9.90 Å². The van der Waals surface area contributed by atoms with Crippen LogP contribution in [0, 0.1) is 5.41 Å². The Morgan fingerprint density at radius 1 is 1.14 bits per heavy atom. The summed E-state index contributed by atoms with van der Waals surface area (Å²) < 4.78 is 2.04. The number of rotatable bonds is 6. The summed E-state index contributed by atoms with van der Waals surface area (Å²) in [6.45, 7) is 1.92. The van der Waals surface area contributed by atoms with Gasteiger partial charge in [0, 0.05) is 22.5 Å². The molecular weight excluding hydrogens is 537 g/mol. The highest BCUT2D eigenvalue weighted by Gasteiger charge is 2.38. The lowest BCUT2D eigenvalue weighted by molar-refractivity contribution is -0.128. The highest BCUT2D eigenvalue weighted by atomic mass is 35.5. The van der Waals surface area contributed by atoms with E-state index in [4.69, 9.17) is 50.5 Å². The normalized spacial score (nSPS) is 26.2. The Kier molecular flexibility index (Phi) is 7.42. The molecule has 2 heterocycles. The molecule has 1 aromatic carbocycles. The molecule has 0 spiro atoms. The van der Waals surface area contributed by atoms with Gasteiger partial charge in [-0.1, -0.05) is 41.7 Å². The van der Waals surface area contributed by atoms with Crippen molar-refractivity contribution in [2.24, 2.45) is 11.1 Å². The summed E-state index contributed by atoms with van der Waals surface area (Å²) in [6.07, 6.45) is 7.53. The number of benzene rings is 1. The molecule has 2 aliphatic rings. The molecule has 9 nitrogen and oxygen atoms in total. The van der Waals surface area contributed by atoms with Crippen LogP contribution >= 0.6 is 34.8 Å². The van der Waals surface area contributed by atoms with Crippen LogP contribution in [0.25, 0.3) is 11.2 Å². The number of anilines is 3. The van der Waals surface area contributed by atoms with Gasteiger partial charge in [-0.3, -0.25) is 9.36 Å². The molecule has 2 fully saturated rings. The number of primary amides is 1. The first-order chi connectivity index (χ1) is 17.6. The number of nitrogens with one attached hydrogen (secondary N) is 2. The smallest absolute Gasteiger partial charge is 0.224 e. The third-order valence-corrected chi connectivity index (χ3v) is 8.49. The van der Waals surface area contributed by atoms with Crippen molar-refractivity contribution in [3.8, 4) is 0 Å². The second-order valence-corrected chi connectivity index (χ2v) is 11.6. The number of amides is 1. The maximum absolute atomic E-state index is 12.1. The summed E-state index contributed by atoms with van der Waals surface area (Å²) >= 11 is 19.0. The average Bonchev–Trinajstić information content (AvgIpc) is 3.19. The van der Waals surface area contributed by atoms with Crippen molar-refractivity contribution in [1.29, 1.82) is 0 Å². The molecule has 1 amide bonds. The first kappa shape index (κ1) is 26.3. The largest absolute Gasteiger partial charge is 0.393 e. The van der Waals surface area contributed by atoms with Gasteiger partial charge < -0.3 is 21.5 Å². The van der Waals surface area contributed by atoms with Crippen molar-refractivity contribution < 1.29 is 9.90 Å². The third-order valence-electron chi connectivity index (χ3n) is 7.67. The van der Waals surface area contributed by atoms with E-state index in [0.717, 1.165) is 32.1 Å². The van der Waals surface area contributed by atoms with Crippen LogP contribution in [0.2, 0.25) is 15.1 Å². The number of aliphatic hydroxyl groups is 1. The minimum Gasteiger partial charge on any atom is -0.393 e. The standard InChI is InChI=1S/C25H30Cl3N7O2/c1-25(22(29)37)7-5-15(6-8-25)35-21-19(12-30-23(34-21)31-14-3-2-4-16(36)11-14)32-24(35)33-20-17(27)9-13(26)10-18(20)28/h9-10,12,14-16,36H,2-8,11H2,1H3,(H2,29,37)(H,32,33)(H,30,31,34)/t14-,15-,16+,25-/m0/s1. The highest BCUT2D eigenvalue weighted by molar-refractivity contribution is 6.41. The molecule has 2 saturated carbocycles. The van der Waals surface area contributed by atoms with Crippen LogP contribution in [0.1, 0.15) is 64.3 Å². The van der Waals surface area contributed by atoms with E-state index in [1.165, 1.54) is 0 Å². The Labute approximate surface area is 230 Å². The summed E-state index contributed by atoms with van der Waals surface area (Å²) in [6, 6.07) is 3.35.